The fourth-order valence-corrected chi connectivity index (χ4v) is 9.22. The van der Waals surface area contributed by atoms with Gasteiger partial charge in [-0.2, -0.15) is 0 Å². The van der Waals surface area contributed by atoms with Crippen LogP contribution in [0.3, 0.4) is 0 Å². The summed E-state index contributed by atoms with van der Waals surface area (Å²) < 4.78 is 6.93. The molecule has 0 atom stereocenters. The highest BCUT2D eigenvalue weighted by atomic mass is 16.3. The number of para-hydroxylation sites is 2. The second-order valence-electron chi connectivity index (χ2n) is 14.9. The van der Waals surface area contributed by atoms with E-state index in [1.54, 1.807) is 0 Å². The van der Waals surface area contributed by atoms with E-state index in [1.807, 2.05) is 0 Å². The number of nitrogens with one attached hydrogen (secondary N) is 1. The summed E-state index contributed by atoms with van der Waals surface area (Å²) in [6.45, 7) is 0. The second kappa shape index (κ2) is 12.1. The maximum Gasteiger partial charge on any atom is 0.198 e. The van der Waals surface area contributed by atoms with Crippen molar-refractivity contribution in [3.05, 3.63) is 188 Å². The number of aromatic nitrogens is 1. The van der Waals surface area contributed by atoms with Crippen LogP contribution < -0.4 is 15.8 Å². The number of hydrogen-bond acceptors (Lipinski definition) is 2. The van der Waals surface area contributed by atoms with Gasteiger partial charge in [-0.1, -0.05) is 157 Å². The van der Waals surface area contributed by atoms with E-state index in [2.05, 4.69) is 198 Å². The second-order valence-corrected chi connectivity index (χ2v) is 14.9. The van der Waals surface area contributed by atoms with Crippen molar-refractivity contribution in [2.24, 2.45) is 0 Å². The Kier molecular flexibility index (Phi) is 6.72. The SMILES string of the molecule is B1c2cc(-c3ccccc3)ccc2N(c2ccc(-c3ccccc3)cc2)c2c1c(-c1cccc3c1[nH]c1ccc4ccccc4c13)cc1c2oc2ccccc21. The van der Waals surface area contributed by atoms with Crippen LogP contribution in [-0.4, -0.2) is 12.3 Å². The van der Waals surface area contributed by atoms with Crippen molar-refractivity contribution in [1.29, 1.82) is 0 Å². The summed E-state index contributed by atoms with van der Waals surface area (Å²) in [4.78, 5) is 6.35. The molecule has 1 N–H and O–H groups in total. The summed E-state index contributed by atoms with van der Waals surface area (Å²) in [5.41, 5.74) is 17.2. The molecule has 1 aliphatic heterocycles. The summed E-state index contributed by atoms with van der Waals surface area (Å²) in [6, 6.07) is 68.1. The van der Waals surface area contributed by atoms with Crippen LogP contribution in [0.1, 0.15) is 0 Å². The molecule has 0 radical (unpaired) electrons. The number of fused-ring (bicyclic) bond motifs is 11. The van der Waals surface area contributed by atoms with Gasteiger partial charge >= 0.3 is 0 Å². The molecule has 1 aliphatic rings. The van der Waals surface area contributed by atoms with Crippen LogP contribution in [0.25, 0.3) is 87.9 Å². The number of anilines is 3. The van der Waals surface area contributed by atoms with Crippen LogP contribution in [0.15, 0.2) is 192 Å². The lowest BCUT2D eigenvalue weighted by Gasteiger charge is -2.35. The number of benzene rings is 9. The minimum absolute atomic E-state index is 0.756. The molecule has 3 nitrogen and oxygen atoms in total. The van der Waals surface area contributed by atoms with Gasteiger partial charge in [0, 0.05) is 44.0 Å². The lowest BCUT2D eigenvalue weighted by Crippen LogP contribution is -2.41. The third-order valence-electron chi connectivity index (χ3n) is 11.8. The van der Waals surface area contributed by atoms with E-state index in [0.29, 0.717) is 0 Å². The van der Waals surface area contributed by atoms with Gasteiger partial charge in [0.15, 0.2) is 12.9 Å². The normalized spacial score (nSPS) is 12.4. The lowest BCUT2D eigenvalue weighted by atomic mass is 9.57. The highest BCUT2D eigenvalue weighted by Gasteiger charge is 2.32. The van der Waals surface area contributed by atoms with Gasteiger partial charge in [-0.25, -0.2) is 0 Å². The van der Waals surface area contributed by atoms with Gasteiger partial charge in [0.05, 0.1) is 11.2 Å². The van der Waals surface area contributed by atoms with Crippen LogP contribution in [-0.2, 0) is 0 Å². The molecular formula is C52H33BN2O. The Labute approximate surface area is 324 Å². The van der Waals surface area contributed by atoms with Gasteiger partial charge in [0.1, 0.15) is 5.58 Å². The fourth-order valence-electron chi connectivity index (χ4n) is 9.22. The number of H-pyrrole nitrogens is 1. The van der Waals surface area contributed by atoms with E-state index in [0.717, 1.165) is 51.6 Å². The van der Waals surface area contributed by atoms with Gasteiger partial charge in [-0.05, 0) is 80.5 Å². The van der Waals surface area contributed by atoms with Gasteiger partial charge in [0.25, 0.3) is 0 Å². The first kappa shape index (κ1) is 31.1. The molecule has 2 aromatic heterocycles. The molecule has 0 bridgehead atoms. The van der Waals surface area contributed by atoms with Gasteiger partial charge in [-0.15, -0.1) is 0 Å². The quantitative estimate of drug-likeness (QED) is 0.184. The summed E-state index contributed by atoms with van der Waals surface area (Å²) in [5, 5.41) is 7.24. The topological polar surface area (TPSA) is 32.2 Å². The maximum atomic E-state index is 6.93. The van der Waals surface area contributed by atoms with E-state index >= 15 is 0 Å². The average molecular weight is 713 g/mol. The monoisotopic (exact) mass is 712 g/mol. The van der Waals surface area contributed by atoms with Crippen LogP contribution in [0.2, 0.25) is 0 Å². The zero-order valence-corrected chi connectivity index (χ0v) is 30.5. The first-order chi connectivity index (χ1) is 27.8. The number of rotatable bonds is 4. The van der Waals surface area contributed by atoms with E-state index in [1.165, 1.54) is 71.5 Å². The highest BCUT2D eigenvalue weighted by Crippen LogP contribution is 2.46. The van der Waals surface area contributed by atoms with E-state index in [4.69, 9.17) is 4.42 Å². The van der Waals surface area contributed by atoms with E-state index in [9.17, 15) is 0 Å². The predicted octanol–water partition coefficient (Wildman–Crippen LogP) is 12.5. The molecular weight excluding hydrogens is 679 g/mol. The molecule has 0 fully saturated rings. The Bertz CT molecular complexity index is 3330. The molecule has 12 rings (SSSR count). The third kappa shape index (κ3) is 4.66. The van der Waals surface area contributed by atoms with Crippen LogP contribution in [0.5, 0.6) is 0 Å². The molecule has 0 aliphatic carbocycles. The molecule has 9 aromatic carbocycles. The summed E-state index contributed by atoms with van der Waals surface area (Å²) >= 11 is 0. The predicted molar refractivity (Wildman–Crippen MR) is 238 cm³/mol. The van der Waals surface area contributed by atoms with Crippen molar-refractivity contribution in [2.75, 3.05) is 4.90 Å². The van der Waals surface area contributed by atoms with E-state index < -0.39 is 0 Å². The largest absolute Gasteiger partial charge is 0.454 e. The molecule has 4 heteroatoms. The van der Waals surface area contributed by atoms with Crippen molar-refractivity contribution in [3.63, 3.8) is 0 Å². The molecule has 11 aromatic rings. The molecule has 0 saturated heterocycles. The first-order valence-electron chi connectivity index (χ1n) is 19.3. The number of nitrogens with zero attached hydrogens (tertiary/aromatic N) is 1. The zero-order valence-electron chi connectivity index (χ0n) is 30.5. The Balaban J connectivity index is 1.17. The van der Waals surface area contributed by atoms with E-state index in [-0.39, 0.29) is 0 Å². The number of furan rings is 1. The molecule has 0 unspecified atom stereocenters. The van der Waals surface area contributed by atoms with Crippen molar-refractivity contribution < 1.29 is 4.42 Å². The number of aromatic amines is 1. The standard InChI is InChI=1S/C52H33BN2O/c1-3-12-32(13-4-1)34-22-26-37(27-23-34)55-46-29-25-36(33-14-5-2-6-15-33)30-44(46)53-49-42(31-43-39-18-9-10-21-47(39)56-52(43)51(49)55)40-19-11-20-41-48-38-17-8-7-16-35(38)24-28-45(48)54-50(40)41/h1-31,53-54H. The minimum Gasteiger partial charge on any atom is -0.454 e. The summed E-state index contributed by atoms with van der Waals surface area (Å²) in [6.07, 6.45) is 0. The van der Waals surface area contributed by atoms with Crippen LogP contribution >= 0.6 is 0 Å². The maximum absolute atomic E-state index is 6.93. The van der Waals surface area contributed by atoms with Crippen LogP contribution in [0.4, 0.5) is 17.1 Å². The van der Waals surface area contributed by atoms with Crippen molar-refractivity contribution in [3.8, 4) is 33.4 Å². The summed E-state index contributed by atoms with van der Waals surface area (Å²) in [7, 11) is 0.756. The fraction of sp³-hybridized carbons (Fsp3) is 0. The zero-order chi connectivity index (χ0) is 36.7. The lowest BCUT2D eigenvalue weighted by molar-refractivity contribution is 0.669. The Morgan fingerprint density at radius 1 is 0.482 bits per heavy atom. The van der Waals surface area contributed by atoms with Gasteiger partial charge in [-0.3, -0.25) is 0 Å². The van der Waals surface area contributed by atoms with Gasteiger partial charge < -0.3 is 14.3 Å². The Morgan fingerprint density at radius 3 is 1.98 bits per heavy atom. The molecule has 3 heterocycles. The minimum atomic E-state index is 0.756. The first-order valence-corrected chi connectivity index (χ1v) is 19.3. The van der Waals surface area contributed by atoms with Crippen LogP contribution in [0, 0.1) is 0 Å². The van der Waals surface area contributed by atoms with Crippen molar-refractivity contribution in [1.82, 2.24) is 4.98 Å². The van der Waals surface area contributed by atoms with Gasteiger partial charge in [0.2, 0.25) is 0 Å². The highest BCUT2D eigenvalue weighted by molar-refractivity contribution is 6.74. The van der Waals surface area contributed by atoms with Crippen molar-refractivity contribution in [2.45, 2.75) is 0 Å². The third-order valence-corrected chi connectivity index (χ3v) is 11.8. The Hall–Kier alpha value is -7.30. The molecule has 0 amide bonds. The molecule has 56 heavy (non-hydrogen) atoms. The molecule has 0 spiro atoms. The molecule has 260 valence electrons. The summed E-state index contributed by atoms with van der Waals surface area (Å²) in [5.74, 6) is 0. The van der Waals surface area contributed by atoms with Crippen molar-refractivity contribution >= 4 is 89.8 Å². The average Bonchev–Trinajstić information content (AvgIpc) is 3.85. The molecule has 0 saturated carbocycles. The Morgan fingerprint density at radius 2 is 1.16 bits per heavy atom. The smallest absolute Gasteiger partial charge is 0.198 e. The number of hydrogen-bond donors (Lipinski definition) is 1.